The molecule has 0 saturated carbocycles. The summed E-state index contributed by atoms with van der Waals surface area (Å²) in [5.41, 5.74) is 0. The molecule has 0 bridgehead atoms. The SMILES string of the molecule is CC/C=C\C/C=C\C/C=C\C/C=C\C/C=C\CCCCCC(=O)OC(COC(=O)CCCCCCCCCCCCCCCCCCCCCCCCCC/C=C\C/C=C\C/C=C\CCCCCCC)COC(OCC[N+](C)(C)C)C(=O)O. The zero-order valence-electron chi connectivity index (χ0n) is 54.6. The van der Waals surface area contributed by atoms with Crippen LogP contribution < -0.4 is 0 Å². The fraction of sp³-hybridized carbons (Fsp3) is 0.743. The maximum atomic E-state index is 12.9. The molecule has 9 nitrogen and oxygen atoms in total. The number of aliphatic carboxylic acids is 1. The lowest BCUT2D eigenvalue weighted by Crippen LogP contribution is -2.40. The van der Waals surface area contributed by atoms with E-state index < -0.39 is 24.3 Å². The van der Waals surface area contributed by atoms with E-state index in [0.717, 1.165) is 83.5 Å². The van der Waals surface area contributed by atoms with Crippen LogP contribution in [0.3, 0.4) is 0 Å². The fourth-order valence-electron chi connectivity index (χ4n) is 9.58. The largest absolute Gasteiger partial charge is 0.477 e. The van der Waals surface area contributed by atoms with Crippen molar-refractivity contribution in [3.63, 3.8) is 0 Å². The molecule has 2 unspecified atom stereocenters. The lowest BCUT2D eigenvalue weighted by Gasteiger charge is -2.25. The highest BCUT2D eigenvalue weighted by Gasteiger charge is 2.25. The summed E-state index contributed by atoms with van der Waals surface area (Å²) >= 11 is 0. The van der Waals surface area contributed by atoms with Crippen LogP contribution in [-0.2, 0) is 33.3 Å². The molecule has 0 aliphatic heterocycles. The molecule has 0 rings (SSSR count). The normalized spacial score (nSPS) is 13.3. The van der Waals surface area contributed by atoms with E-state index in [4.69, 9.17) is 18.9 Å². The average molecular weight is 1160 g/mol. The van der Waals surface area contributed by atoms with Crippen LogP contribution in [0.25, 0.3) is 0 Å². The molecule has 0 spiro atoms. The molecule has 0 aromatic heterocycles. The lowest BCUT2D eigenvalue weighted by atomic mass is 10.0. The van der Waals surface area contributed by atoms with E-state index in [-0.39, 0.29) is 32.2 Å². The van der Waals surface area contributed by atoms with Crippen molar-refractivity contribution in [1.29, 1.82) is 0 Å². The number of allylic oxidation sites excluding steroid dienone is 16. The van der Waals surface area contributed by atoms with Gasteiger partial charge in [-0.2, -0.15) is 0 Å². The summed E-state index contributed by atoms with van der Waals surface area (Å²) in [6.07, 6.45) is 85.4. The van der Waals surface area contributed by atoms with Crippen LogP contribution in [0.15, 0.2) is 97.2 Å². The van der Waals surface area contributed by atoms with Gasteiger partial charge in [-0.05, 0) is 96.3 Å². The second kappa shape index (κ2) is 64.2. The Balaban J connectivity index is 4.02. The molecule has 0 heterocycles. The number of likely N-dealkylation sites (N-methyl/N-ethyl adjacent to an activating group) is 1. The van der Waals surface area contributed by atoms with Crippen LogP contribution >= 0.6 is 0 Å². The Hall–Kier alpha value is -3.79. The molecular weight excluding hydrogens is 1030 g/mol. The monoisotopic (exact) mass is 1160 g/mol. The third-order valence-corrected chi connectivity index (χ3v) is 14.8. The van der Waals surface area contributed by atoms with Crippen molar-refractivity contribution in [3.8, 4) is 0 Å². The van der Waals surface area contributed by atoms with Crippen molar-refractivity contribution >= 4 is 17.9 Å². The maximum absolute atomic E-state index is 12.9. The third kappa shape index (κ3) is 65.6. The first-order chi connectivity index (χ1) is 40.6. The molecule has 9 heteroatoms. The number of hydrogen-bond donors (Lipinski definition) is 1. The van der Waals surface area contributed by atoms with E-state index in [1.165, 1.54) is 180 Å². The molecule has 0 aromatic rings. The van der Waals surface area contributed by atoms with Crippen LogP contribution in [0, 0.1) is 0 Å². The number of ether oxygens (including phenoxy) is 4. The van der Waals surface area contributed by atoms with Crippen molar-refractivity contribution in [2.24, 2.45) is 0 Å². The number of nitrogens with zero attached hydrogens (tertiary/aromatic N) is 1. The minimum Gasteiger partial charge on any atom is -0.477 e. The van der Waals surface area contributed by atoms with E-state index >= 15 is 0 Å². The minimum atomic E-state index is -1.52. The van der Waals surface area contributed by atoms with Gasteiger partial charge in [0.1, 0.15) is 13.2 Å². The Bertz CT molecular complexity index is 1680. The number of carbonyl (C=O) groups is 3. The number of rotatable bonds is 63. The first-order valence-corrected chi connectivity index (χ1v) is 34.4. The van der Waals surface area contributed by atoms with Gasteiger partial charge in [-0.3, -0.25) is 9.59 Å². The first-order valence-electron chi connectivity index (χ1n) is 34.4. The van der Waals surface area contributed by atoms with E-state index in [0.29, 0.717) is 23.9 Å². The molecule has 1 N–H and O–H groups in total. The van der Waals surface area contributed by atoms with Crippen LogP contribution in [0.2, 0.25) is 0 Å². The van der Waals surface area contributed by atoms with Crippen molar-refractivity contribution in [1.82, 2.24) is 0 Å². The van der Waals surface area contributed by atoms with Crippen LogP contribution in [0.4, 0.5) is 0 Å². The molecule has 0 radical (unpaired) electrons. The predicted octanol–water partition coefficient (Wildman–Crippen LogP) is 21.2. The van der Waals surface area contributed by atoms with Gasteiger partial charge in [-0.15, -0.1) is 0 Å². The maximum Gasteiger partial charge on any atom is 0.361 e. The number of carboxylic acids is 1. The zero-order valence-corrected chi connectivity index (χ0v) is 54.6. The molecule has 0 amide bonds. The molecular formula is C74H130NO8+. The highest BCUT2D eigenvalue weighted by atomic mass is 16.7. The summed E-state index contributed by atoms with van der Waals surface area (Å²) in [4.78, 5) is 37.5. The van der Waals surface area contributed by atoms with Gasteiger partial charge in [0.05, 0.1) is 34.4 Å². The van der Waals surface area contributed by atoms with Crippen molar-refractivity contribution in [2.45, 2.75) is 309 Å². The summed E-state index contributed by atoms with van der Waals surface area (Å²) in [6.45, 7) is 4.73. The zero-order chi connectivity index (χ0) is 60.5. The van der Waals surface area contributed by atoms with Crippen LogP contribution in [0.1, 0.15) is 296 Å². The van der Waals surface area contributed by atoms with E-state index in [1.807, 2.05) is 21.1 Å². The Morgan fingerprint density at radius 3 is 1.04 bits per heavy atom. The summed E-state index contributed by atoms with van der Waals surface area (Å²) in [6, 6.07) is 0. The van der Waals surface area contributed by atoms with E-state index in [9.17, 15) is 19.5 Å². The predicted molar refractivity (Wildman–Crippen MR) is 355 cm³/mol. The van der Waals surface area contributed by atoms with Gasteiger partial charge in [0, 0.05) is 12.8 Å². The summed E-state index contributed by atoms with van der Waals surface area (Å²) in [5, 5.41) is 9.72. The smallest absolute Gasteiger partial charge is 0.361 e. The Kier molecular flexibility index (Phi) is 61.3. The lowest BCUT2D eigenvalue weighted by molar-refractivity contribution is -0.870. The van der Waals surface area contributed by atoms with Gasteiger partial charge in [-0.25, -0.2) is 4.79 Å². The summed E-state index contributed by atoms with van der Waals surface area (Å²) in [7, 11) is 5.96. The van der Waals surface area contributed by atoms with Crippen LogP contribution in [-0.4, -0.2) is 87.4 Å². The van der Waals surface area contributed by atoms with E-state index in [2.05, 4.69) is 111 Å². The van der Waals surface area contributed by atoms with Gasteiger partial charge in [0.15, 0.2) is 6.10 Å². The Labute approximate surface area is 512 Å². The number of carboxylic acid groups (broad SMARTS) is 1. The quantitative estimate of drug-likeness (QED) is 0.0211. The first kappa shape index (κ1) is 79.2. The molecule has 0 aliphatic carbocycles. The minimum absolute atomic E-state index is 0.178. The highest BCUT2D eigenvalue weighted by Crippen LogP contribution is 2.17. The Morgan fingerprint density at radius 1 is 0.373 bits per heavy atom. The number of carbonyl (C=O) groups excluding carboxylic acids is 2. The van der Waals surface area contributed by atoms with Crippen LogP contribution in [0.5, 0.6) is 0 Å². The number of hydrogen-bond acceptors (Lipinski definition) is 7. The second-order valence-electron chi connectivity index (χ2n) is 24.1. The standard InChI is InChI=1S/C74H129NO8/c1-6-8-10-12-14-16-18-20-22-24-26-27-28-29-30-31-32-33-34-35-36-37-38-39-40-41-42-43-44-45-47-48-50-52-54-56-58-60-62-64-71(76)81-68-70(69-82-74(73(78)79)80-67-66-75(3,4)5)83-72(77)65-63-61-59-57-55-53-51-49-46-25-23-21-19-17-15-13-11-9-7-2/h9,11,15,17-18,20-21,23-24,26,28-29,46,49,53,55,70,74H,6-8,10,12-14,16,19,22,25,27,30-45,47-48,50-52,54,56-69H2,1-5H3/p+1/b11-9-,17-15-,20-18-,23-21-,26-24-,29-28-,49-46-,55-53-. The molecule has 0 aliphatic rings. The molecule has 0 saturated heterocycles. The van der Waals surface area contributed by atoms with Crippen molar-refractivity contribution in [3.05, 3.63) is 97.2 Å². The van der Waals surface area contributed by atoms with Crippen molar-refractivity contribution in [2.75, 3.05) is 47.5 Å². The number of quaternary nitrogens is 1. The van der Waals surface area contributed by atoms with Gasteiger partial charge >= 0.3 is 17.9 Å². The van der Waals surface area contributed by atoms with Gasteiger partial charge in [0.25, 0.3) is 6.29 Å². The molecule has 478 valence electrons. The van der Waals surface area contributed by atoms with Crippen molar-refractivity contribution < 1.29 is 42.9 Å². The number of unbranched alkanes of at least 4 members (excludes halogenated alkanes) is 32. The molecule has 0 aromatic carbocycles. The third-order valence-electron chi connectivity index (χ3n) is 14.8. The van der Waals surface area contributed by atoms with Gasteiger partial charge in [-0.1, -0.05) is 284 Å². The topological polar surface area (TPSA) is 108 Å². The molecule has 83 heavy (non-hydrogen) atoms. The fourth-order valence-corrected chi connectivity index (χ4v) is 9.58. The highest BCUT2D eigenvalue weighted by molar-refractivity contribution is 5.71. The molecule has 2 atom stereocenters. The summed E-state index contributed by atoms with van der Waals surface area (Å²) < 4.78 is 22.9. The number of esters is 2. The Morgan fingerprint density at radius 2 is 0.687 bits per heavy atom. The second-order valence-corrected chi connectivity index (χ2v) is 24.1. The average Bonchev–Trinajstić information content (AvgIpc) is 3.46. The summed E-state index contributed by atoms with van der Waals surface area (Å²) in [5.74, 6) is -2.05. The van der Waals surface area contributed by atoms with Gasteiger partial charge in [0.2, 0.25) is 0 Å². The van der Waals surface area contributed by atoms with E-state index in [1.54, 1.807) is 0 Å². The van der Waals surface area contributed by atoms with Gasteiger partial charge < -0.3 is 28.5 Å². The molecule has 0 fully saturated rings.